The first-order chi connectivity index (χ1) is 11.1. The van der Waals surface area contributed by atoms with Crippen LogP contribution < -0.4 is 5.56 Å². The molecule has 2 N–H and O–H groups in total. The van der Waals surface area contributed by atoms with Crippen molar-refractivity contribution < 1.29 is 9.90 Å². The van der Waals surface area contributed by atoms with E-state index in [4.69, 9.17) is 5.11 Å². The van der Waals surface area contributed by atoms with E-state index in [0.29, 0.717) is 16.8 Å². The Bertz CT molecular complexity index is 890. The molecule has 5 heteroatoms. The summed E-state index contributed by atoms with van der Waals surface area (Å²) in [4.78, 5) is 23.4. The van der Waals surface area contributed by atoms with Gasteiger partial charge < -0.3 is 5.11 Å². The van der Waals surface area contributed by atoms with Crippen molar-refractivity contribution in [3.63, 3.8) is 0 Å². The van der Waals surface area contributed by atoms with E-state index in [-0.39, 0.29) is 12.0 Å². The van der Waals surface area contributed by atoms with Gasteiger partial charge >= 0.3 is 5.97 Å². The molecule has 0 aliphatic rings. The highest BCUT2D eigenvalue weighted by Gasteiger charge is 2.14. The summed E-state index contributed by atoms with van der Waals surface area (Å²) in [6.07, 6.45) is -0.0335. The van der Waals surface area contributed by atoms with E-state index >= 15 is 0 Å². The predicted molar refractivity (Wildman–Crippen MR) is 87.9 cm³/mol. The SMILES string of the molecule is Cc1[nH]n(-c2ccc(CC(=O)O)cc2)c(=O)c1-c1ccccc1. The highest BCUT2D eigenvalue weighted by Crippen LogP contribution is 2.19. The van der Waals surface area contributed by atoms with Gasteiger partial charge in [0.25, 0.3) is 5.56 Å². The van der Waals surface area contributed by atoms with Gasteiger partial charge in [0.2, 0.25) is 0 Å². The first kappa shape index (κ1) is 14.8. The third kappa shape index (κ3) is 2.94. The third-order valence-electron chi connectivity index (χ3n) is 3.68. The van der Waals surface area contributed by atoms with E-state index in [1.165, 1.54) is 4.68 Å². The molecule has 3 aromatic rings. The minimum Gasteiger partial charge on any atom is -0.481 e. The summed E-state index contributed by atoms with van der Waals surface area (Å²) < 4.78 is 1.47. The van der Waals surface area contributed by atoms with Gasteiger partial charge in [-0.3, -0.25) is 14.7 Å². The number of hydrogen-bond acceptors (Lipinski definition) is 2. The molecule has 23 heavy (non-hydrogen) atoms. The lowest BCUT2D eigenvalue weighted by Gasteiger charge is -2.03. The number of rotatable bonds is 4. The van der Waals surface area contributed by atoms with E-state index in [1.54, 1.807) is 24.3 Å². The number of carboxylic acid groups (broad SMARTS) is 1. The molecule has 3 rings (SSSR count). The molecule has 0 aliphatic heterocycles. The molecular weight excluding hydrogens is 292 g/mol. The highest BCUT2D eigenvalue weighted by atomic mass is 16.4. The third-order valence-corrected chi connectivity index (χ3v) is 3.68. The number of aliphatic carboxylic acids is 1. The molecular formula is C18H16N2O3. The zero-order valence-electron chi connectivity index (χ0n) is 12.6. The number of H-pyrrole nitrogens is 1. The van der Waals surface area contributed by atoms with Crippen LogP contribution >= 0.6 is 0 Å². The Hall–Kier alpha value is -3.08. The van der Waals surface area contributed by atoms with Crippen molar-refractivity contribution in [3.05, 3.63) is 76.2 Å². The Labute approximate surface area is 132 Å². The summed E-state index contributed by atoms with van der Waals surface area (Å²) in [6, 6.07) is 16.4. The maximum atomic E-state index is 12.7. The van der Waals surface area contributed by atoms with Crippen LogP contribution in [-0.2, 0) is 11.2 Å². The normalized spacial score (nSPS) is 10.7. The number of aromatic amines is 1. The molecule has 0 unspecified atom stereocenters. The van der Waals surface area contributed by atoms with Crippen molar-refractivity contribution in [1.82, 2.24) is 9.78 Å². The average Bonchev–Trinajstić information content (AvgIpc) is 2.83. The van der Waals surface area contributed by atoms with E-state index in [2.05, 4.69) is 5.10 Å². The quantitative estimate of drug-likeness (QED) is 0.778. The van der Waals surface area contributed by atoms with Crippen LogP contribution in [0.5, 0.6) is 0 Å². The summed E-state index contributed by atoms with van der Waals surface area (Å²) in [5.74, 6) is -0.878. The van der Waals surface area contributed by atoms with Gasteiger partial charge in [-0.1, -0.05) is 42.5 Å². The molecule has 0 radical (unpaired) electrons. The van der Waals surface area contributed by atoms with E-state index < -0.39 is 5.97 Å². The second-order valence-corrected chi connectivity index (χ2v) is 5.36. The van der Waals surface area contributed by atoms with Crippen molar-refractivity contribution >= 4 is 5.97 Å². The van der Waals surface area contributed by atoms with Gasteiger partial charge in [0, 0.05) is 5.69 Å². The van der Waals surface area contributed by atoms with Crippen molar-refractivity contribution in [2.24, 2.45) is 0 Å². The lowest BCUT2D eigenvalue weighted by molar-refractivity contribution is -0.136. The van der Waals surface area contributed by atoms with Gasteiger partial charge in [-0.25, -0.2) is 4.68 Å². The summed E-state index contributed by atoms with van der Waals surface area (Å²) in [5, 5.41) is 11.9. The minimum atomic E-state index is -0.878. The molecule has 0 amide bonds. The minimum absolute atomic E-state index is 0.0335. The number of nitrogens with one attached hydrogen (secondary N) is 1. The highest BCUT2D eigenvalue weighted by molar-refractivity contribution is 5.70. The predicted octanol–water partition coefficient (Wildman–Crippen LogP) is 2.77. The summed E-state index contributed by atoms with van der Waals surface area (Å²) in [6.45, 7) is 1.86. The van der Waals surface area contributed by atoms with Crippen LogP contribution in [0.3, 0.4) is 0 Å². The van der Waals surface area contributed by atoms with Gasteiger partial charge in [-0.15, -0.1) is 0 Å². The number of carbonyl (C=O) groups is 1. The van der Waals surface area contributed by atoms with Gasteiger partial charge in [-0.05, 0) is 30.2 Å². The number of aryl methyl sites for hydroxylation is 1. The fraction of sp³-hybridized carbons (Fsp3) is 0.111. The van der Waals surface area contributed by atoms with Crippen LogP contribution in [0.2, 0.25) is 0 Å². The maximum absolute atomic E-state index is 12.7. The second kappa shape index (κ2) is 5.96. The van der Waals surface area contributed by atoms with Crippen molar-refractivity contribution in [2.75, 3.05) is 0 Å². The molecule has 0 atom stereocenters. The number of hydrogen-bond donors (Lipinski definition) is 2. The Morgan fingerprint density at radius 1 is 1.09 bits per heavy atom. The van der Waals surface area contributed by atoms with Gasteiger partial charge in [0.05, 0.1) is 17.7 Å². The van der Waals surface area contributed by atoms with Gasteiger partial charge in [-0.2, -0.15) is 0 Å². The van der Waals surface area contributed by atoms with E-state index in [0.717, 1.165) is 11.3 Å². The van der Waals surface area contributed by atoms with Crippen LogP contribution in [0.15, 0.2) is 59.4 Å². The average molecular weight is 308 g/mol. The fourth-order valence-corrected chi connectivity index (χ4v) is 2.61. The molecule has 116 valence electrons. The van der Waals surface area contributed by atoms with Crippen LogP contribution in [0.25, 0.3) is 16.8 Å². The second-order valence-electron chi connectivity index (χ2n) is 5.36. The molecule has 0 spiro atoms. The molecule has 0 fully saturated rings. The smallest absolute Gasteiger partial charge is 0.307 e. The first-order valence-electron chi connectivity index (χ1n) is 7.24. The molecule has 0 saturated heterocycles. The molecule has 2 aromatic carbocycles. The molecule has 5 nitrogen and oxygen atoms in total. The zero-order chi connectivity index (χ0) is 16.4. The Balaban J connectivity index is 2.02. The molecule has 1 heterocycles. The zero-order valence-corrected chi connectivity index (χ0v) is 12.6. The maximum Gasteiger partial charge on any atom is 0.307 e. The van der Waals surface area contributed by atoms with Gasteiger partial charge in [0.15, 0.2) is 0 Å². The largest absolute Gasteiger partial charge is 0.481 e. The summed E-state index contributed by atoms with van der Waals surface area (Å²) in [5.41, 5.74) is 3.54. The molecule has 1 aromatic heterocycles. The number of aromatic nitrogens is 2. The monoisotopic (exact) mass is 308 g/mol. The number of benzene rings is 2. The van der Waals surface area contributed by atoms with Gasteiger partial charge in [0.1, 0.15) is 0 Å². The Morgan fingerprint density at radius 2 is 1.74 bits per heavy atom. The van der Waals surface area contributed by atoms with Crippen LogP contribution in [-0.4, -0.2) is 20.9 Å². The summed E-state index contributed by atoms with van der Waals surface area (Å²) in [7, 11) is 0. The fourth-order valence-electron chi connectivity index (χ4n) is 2.61. The van der Waals surface area contributed by atoms with Crippen LogP contribution in [0, 0.1) is 6.92 Å². The number of carboxylic acids is 1. The number of nitrogens with zero attached hydrogens (tertiary/aromatic N) is 1. The first-order valence-corrected chi connectivity index (χ1v) is 7.24. The Kier molecular flexibility index (Phi) is 3.85. The van der Waals surface area contributed by atoms with Crippen molar-refractivity contribution in [3.8, 4) is 16.8 Å². The lowest BCUT2D eigenvalue weighted by atomic mass is 10.1. The topological polar surface area (TPSA) is 75.1 Å². The standard InChI is InChI=1S/C18H16N2O3/c1-12-17(14-5-3-2-4-6-14)18(23)20(19-12)15-9-7-13(8-10-15)11-16(21)22/h2-10,19H,11H2,1H3,(H,21,22). The van der Waals surface area contributed by atoms with E-state index in [9.17, 15) is 9.59 Å². The van der Waals surface area contributed by atoms with Crippen LogP contribution in [0.1, 0.15) is 11.3 Å². The summed E-state index contributed by atoms with van der Waals surface area (Å²) >= 11 is 0. The lowest BCUT2D eigenvalue weighted by Crippen LogP contribution is -2.15. The van der Waals surface area contributed by atoms with E-state index in [1.807, 2.05) is 37.3 Å². The van der Waals surface area contributed by atoms with Crippen molar-refractivity contribution in [1.29, 1.82) is 0 Å². The molecule has 0 saturated carbocycles. The van der Waals surface area contributed by atoms with Crippen molar-refractivity contribution in [2.45, 2.75) is 13.3 Å². The van der Waals surface area contributed by atoms with Crippen LogP contribution in [0.4, 0.5) is 0 Å². The Morgan fingerprint density at radius 3 is 2.35 bits per heavy atom. The molecule has 0 bridgehead atoms. The molecule has 0 aliphatic carbocycles.